The molecule has 6 heteroatoms. The zero-order chi connectivity index (χ0) is 13.9. The predicted molar refractivity (Wildman–Crippen MR) is 70.1 cm³/mol. The Morgan fingerprint density at radius 1 is 1.56 bits per heavy atom. The van der Waals surface area contributed by atoms with Crippen molar-refractivity contribution in [3.05, 3.63) is 11.4 Å². The van der Waals surface area contributed by atoms with Crippen LogP contribution in [0.5, 0.6) is 0 Å². The largest absolute Gasteiger partial charge is 0.396 e. The van der Waals surface area contributed by atoms with Crippen LogP contribution in [-0.2, 0) is 0 Å². The Hall–Kier alpha value is -1.56. The molecule has 0 spiro atoms. The maximum Gasteiger partial charge on any atom is 0.274 e. The molecule has 0 saturated heterocycles. The monoisotopic (exact) mass is 254 g/mol. The summed E-state index contributed by atoms with van der Waals surface area (Å²) in [6.45, 7) is 7.80. The minimum absolute atomic E-state index is 0.0251. The first kappa shape index (κ1) is 14.5. The van der Waals surface area contributed by atoms with Gasteiger partial charge in [0.2, 0.25) is 0 Å². The Morgan fingerprint density at radius 3 is 2.56 bits per heavy atom. The number of hydrogen-bond donors (Lipinski definition) is 4. The summed E-state index contributed by atoms with van der Waals surface area (Å²) in [7, 11) is 0. The molecule has 1 heterocycles. The summed E-state index contributed by atoms with van der Waals surface area (Å²) in [5, 5.41) is 18.5. The molecule has 1 unspecified atom stereocenters. The van der Waals surface area contributed by atoms with Gasteiger partial charge in [0, 0.05) is 12.6 Å². The fraction of sp³-hybridized carbons (Fsp3) is 0.667. The van der Waals surface area contributed by atoms with E-state index in [-0.39, 0.29) is 29.7 Å². The zero-order valence-corrected chi connectivity index (χ0v) is 11.4. The lowest BCUT2D eigenvalue weighted by Gasteiger charge is -2.30. The quantitative estimate of drug-likeness (QED) is 0.638. The average molecular weight is 254 g/mol. The van der Waals surface area contributed by atoms with Crippen LogP contribution >= 0.6 is 0 Å². The van der Waals surface area contributed by atoms with E-state index in [2.05, 4.69) is 15.5 Å². The predicted octanol–water partition coefficient (Wildman–Crippen LogP) is 0.827. The van der Waals surface area contributed by atoms with Crippen molar-refractivity contribution in [2.75, 3.05) is 12.3 Å². The number of hydrogen-bond acceptors (Lipinski definition) is 4. The average Bonchev–Trinajstić information content (AvgIpc) is 2.58. The number of amides is 1. The highest BCUT2D eigenvalue weighted by molar-refractivity contribution is 5.97. The first-order chi connectivity index (χ1) is 8.27. The molecule has 0 fully saturated rings. The highest BCUT2D eigenvalue weighted by Gasteiger charge is 2.27. The van der Waals surface area contributed by atoms with E-state index in [0.717, 1.165) is 0 Å². The van der Waals surface area contributed by atoms with E-state index >= 15 is 0 Å². The molecule has 0 bridgehead atoms. The lowest BCUT2D eigenvalue weighted by molar-refractivity contribution is 0.0881. The van der Waals surface area contributed by atoms with E-state index in [0.29, 0.717) is 17.8 Å². The molecule has 0 aliphatic carbocycles. The van der Waals surface area contributed by atoms with Crippen molar-refractivity contribution in [2.24, 2.45) is 5.41 Å². The molecule has 0 radical (unpaired) electrons. The van der Waals surface area contributed by atoms with Crippen LogP contribution in [0, 0.1) is 12.3 Å². The van der Waals surface area contributed by atoms with E-state index in [4.69, 9.17) is 10.8 Å². The van der Waals surface area contributed by atoms with Crippen LogP contribution in [0.3, 0.4) is 0 Å². The topological polar surface area (TPSA) is 104 Å². The van der Waals surface area contributed by atoms with Crippen LogP contribution in [0.2, 0.25) is 0 Å². The molecule has 1 atom stereocenters. The highest BCUT2D eigenvalue weighted by atomic mass is 16.3. The second-order valence-corrected chi connectivity index (χ2v) is 5.52. The molecule has 0 aromatic carbocycles. The molecule has 1 rings (SSSR count). The van der Waals surface area contributed by atoms with E-state index in [9.17, 15) is 4.79 Å². The summed E-state index contributed by atoms with van der Waals surface area (Å²) < 4.78 is 0. The highest BCUT2D eigenvalue weighted by Crippen LogP contribution is 2.22. The number of nitrogens with zero attached hydrogens (tertiary/aromatic N) is 1. The van der Waals surface area contributed by atoms with Crippen molar-refractivity contribution in [3.63, 3.8) is 0 Å². The summed E-state index contributed by atoms with van der Waals surface area (Å²) in [6, 6.07) is -0.133. The first-order valence-electron chi connectivity index (χ1n) is 5.99. The van der Waals surface area contributed by atoms with Gasteiger partial charge in [-0.15, -0.1) is 0 Å². The number of nitrogens with two attached hydrogens (primary N) is 1. The molecule has 1 aromatic rings. The Bertz CT molecular complexity index is 420. The number of nitrogen functional groups attached to an aromatic ring is 1. The van der Waals surface area contributed by atoms with E-state index in [1.807, 2.05) is 20.8 Å². The van der Waals surface area contributed by atoms with Crippen molar-refractivity contribution in [2.45, 2.75) is 40.2 Å². The van der Waals surface area contributed by atoms with Gasteiger partial charge in [-0.2, -0.15) is 5.10 Å². The van der Waals surface area contributed by atoms with Gasteiger partial charge in [0.25, 0.3) is 5.91 Å². The van der Waals surface area contributed by atoms with Gasteiger partial charge in [-0.25, -0.2) is 0 Å². The molecule has 1 amide bonds. The number of aromatic amines is 1. The van der Waals surface area contributed by atoms with Crippen molar-refractivity contribution < 1.29 is 9.90 Å². The van der Waals surface area contributed by atoms with Crippen molar-refractivity contribution in [1.82, 2.24) is 15.5 Å². The Labute approximate surface area is 107 Å². The Kier molecular flexibility index (Phi) is 4.34. The fourth-order valence-corrected chi connectivity index (χ4v) is 1.69. The van der Waals surface area contributed by atoms with Crippen LogP contribution in [-0.4, -0.2) is 33.9 Å². The van der Waals surface area contributed by atoms with E-state index < -0.39 is 0 Å². The van der Waals surface area contributed by atoms with Gasteiger partial charge in [0.1, 0.15) is 0 Å². The molecule has 1 aromatic heterocycles. The second-order valence-electron chi connectivity index (χ2n) is 5.52. The molecular formula is C12H22N4O2. The number of H-pyrrole nitrogens is 1. The van der Waals surface area contributed by atoms with Crippen LogP contribution < -0.4 is 11.1 Å². The van der Waals surface area contributed by atoms with E-state index in [1.54, 1.807) is 6.92 Å². The zero-order valence-electron chi connectivity index (χ0n) is 11.4. The fourth-order valence-electron chi connectivity index (χ4n) is 1.69. The molecular weight excluding hydrogens is 232 g/mol. The molecule has 0 aliphatic rings. The molecule has 5 N–H and O–H groups in total. The molecule has 0 aliphatic heterocycles. The molecule has 102 valence electrons. The molecule has 6 nitrogen and oxygen atoms in total. The minimum Gasteiger partial charge on any atom is -0.396 e. The van der Waals surface area contributed by atoms with Crippen molar-refractivity contribution in [1.29, 1.82) is 0 Å². The number of carbonyl (C=O) groups excluding carboxylic acids is 1. The lowest BCUT2D eigenvalue weighted by atomic mass is 9.85. The number of aliphatic hydroxyl groups is 1. The standard InChI is InChI=1S/C12H22N4O2/c1-7-9(13)10(16-15-7)11(18)14-8(5-6-17)12(2,3)4/h8,17H,5-6,13H2,1-4H3,(H,14,18)(H,15,16). The third kappa shape index (κ3) is 3.22. The van der Waals surface area contributed by atoms with Crippen LogP contribution in [0.15, 0.2) is 0 Å². The van der Waals surface area contributed by atoms with Gasteiger partial charge < -0.3 is 16.2 Å². The number of aliphatic hydroxyl groups excluding tert-OH is 1. The maximum absolute atomic E-state index is 12.1. The van der Waals surface area contributed by atoms with E-state index in [1.165, 1.54) is 0 Å². The number of nitrogens with one attached hydrogen (secondary N) is 2. The van der Waals surface area contributed by atoms with Crippen molar-refractivity contribution in [3.8, 4) is 0 Å². The summed E-state index contributed by atoms with van der Waals surface area (Å²) in [6.07, 6.45) is 0.499. The van der Waals surface area contributed by atoms with Gasteiger partial charge in [-0.1, -0.05) is 20.8 Å². The normalized spacial score (nSPS) is 13.4. The lowest BCUT2D eigenvalue weighted by Crippen LogP contribution is -2.44. The van der Waals surface area contributed by atoms with Gasteiger partial charge in [-0.05, 0) is 18.8 Å². The van der Waals surface area contributed by atoms with Gasteiger partial charge in [0.05, 0.1) is 11.4 Å². The summed E-state index contributed by atoms with van der Waals surface area (Å²) in [5.41, 5.74) is 6.87. The summed E-state index contributed by atoms with van der Waals surface area (Å²) in [5.74, 6) is -0.315. The maximum atomic E-state index is 12.1. The third-order valence-corrected chi connectivity index (χ3v) is 2.98. The molecule has 0 saturated carbocycles. The second kappa shape index (κ2) is 5.39. The van der Waals surface area contributed by atoms with Crippen LogP contribution in [0.4, 0.5) is 5.69 Å². The van der Waals surface area contributed by atoms with Gasteiger partial charge in [-0.3, -0.25) is 9.89 Å². The van der Waals surface area contributed by atoms with Gasteiger partial charge in [0.15, 0.2) is 5.69 Å². The molecule has 18 heavy (non-hydrogen) atoms. The third-order valence-electron chi connectivity index (χ3n) is 2.98. The first-order valence-corrected chi connectivity index (χ1v) is 5.99. The minimum atomic E-state index is -0.315. The Morgan fingerprint density at radius 2 is 2.17 bits per heavy atom. The van der Waals surface area contributed by atoms with Crippen LogP contribution in [0.1, 0.15) is 43.4 Å². The van der Waals surface area contributed by atoms with Gasteiger partial charge >= 0.3 is 0 Å². The SMILES string of the molecule is Cc1[nH]nc(C(=O)NC(CCO)C(C)(C)C)c1N. The number of aryl methyl sites for hydroxylation is 1. The summed E-state index contributed by atoms with van der Waals surface area (Å²) >= 11 is 0. The number of carbonyl (C=O) groups is 1. The van der Waals surface area contributed by atoms with Crippen LogP contribution in [0.25, 0.3) is 0 Å². The number of aromatic nitrogens is 2. The summed E-state index contributed by atoms with van der Waals surface area (Å²) in [4.78, 5) is 12.1. The number of anilines is 1. The number of rotatable bonds is 4. The smallest absolute Gasteiger partial charge is 0.274 e. The van der Waals surface area contributed by atoms with Crippen molar-refractivity contribution >= 4 is 11.6 Å². The Balaban J connectivity index is 2.82.